The predicted molar refractivity (Wildman–Crippen MR) is 110 cm³/mol. The summed E-state index contributed by atoms with van der Waals surface area (Å²) in [5.74, 6) is -2.22. The second-order valence-corrected chi connectivity index (χ2v) is 8.08. The van der Waals surface area contributed by atoms with Gasteiger partial charge < -0.3 is 14.6 Å². The van der Waals surface area contributed by atoms with Crippen LogP contribution in [0.25, 0.3) is 5.69 Å². The summed E-state index contributed by atoms with van der Waals surface area (Å²) in [5, 5.41) is 2.46. The van der Waals surface area contributed by atoms with Gasteiger partial charge >= 0.3 is 12.0 Å². The molecule has 0 aliphatic carbocycles. The van der Waals surface area contributed by atoms with Gasteiger partial charge in [0.25, 0.3) is 5.91 Å². The second kappa shape index (κ2) is 7.98. The minimum Gasteiger partial charge on any atom is -0.456 e. The van der Waals surface area contributed by atoms with Crippen LogP contribution in [0.4, 0.5) is 9.18 Å². The van der Waals surface area contributed by atoms with Crippen molar-refractivity contribution in [2.75, 3.05) is 13.2 Å². The molecule has 164 valence electrons. The summed E-state index contributed by atoms with van der Waals surface area (Å²) in [6.07, 6.45) is 0. The molecule has 2 heterocycles. The molecule has 2 aromatic rings. The first-order valence-corrected chi connectivity index (χ1v) is 9.71. The summed E-state index contributed by atoms with van der Waals surface area (Å²) >= 11 is 0. The van der Waals surface area contributed by atoms with Gasteiger partial charge in [0.05, 0.1) is 0 Å². The number of nitrogens with one attached hydrogen (secondary N) is 1. The zero-order valence-corrected chi connectivity index (χ0v) is 18.0. The quantitative estimate of drug-likeness (QED) is 0.432. The average Bonchev–Trinajstić information content (AvgIpc) is 3.08. The lowest BCUT2D eigenvalue weighted by molar-refractivity contribution is -0.146. The Kier molecular flexibility index (Phi) is 5.71. The Labute approximate surface area is 179 Å². The van der Waals surface area contributed by atoms with Crippen molar-refractivity contribution in [2.24, 2.45) is 0 Å². The zero-order chi connectivity index (χ0) is 23.1. The van der Waals surface area contributed by atoms with Crippen molar-refractivity contribution in [1.82, 2.24) is 14.8 Å². The lowest BCUT2D eigenvalue weighted by Crippen LogP contribution is -2.41. The lowest BCUT2D eigenvalue weighted by atomic mass is 10.1. The van der Waals surface area contributed by atoms with Crippen molar-refractivity contribution in [3.05, 3.63) is 52.6 Å². The molecule has 1 aromatic heterocycles. The fourth-order valence-corrected chi connectivity index (χ4v) is 3.52. The monoisotopic (exact) mass is 429 g/mol. The van der Waals surface area contributed by atoms with Crippen molar-refractivity contribution in [3.63, 3.8) is 0 Å². The average molecular weight is 429 g/mol. The van der Waals surface area contributed by atoms with Crippen molar-refractivity contribution in [1.29, 1.82) is 0 Å². The number of Topliss-reactive ketones (excluding diaryl/α,β-unsaturated/α-hetero) is 1. The Morgan fingerprint density at radius 1 is 1.13 bits per heavy atom. The van der Waals surface area contributed by atoms with Gasteiger partial charge in [-0.1, -0.05) is 6.07 Å². The first-order valence-electron chi connectivity index (χ1n) is 9.71. The third-order valence-corrected chi connectivity index (χ3v) is 5.24. The normalized spacial score (nSPS) is 15.2. The number of aromatic nitrogens is 1. The molecule has 0 unspecified atom stereocenters. The van der Waals surface area contributed by atoms with E-state index in [2.05, 4.69) is 5.32 Å². The summed E-state index contributed by atoms with van der Waals surface area (Å²) in [4.78, 5) is 49.5. The van der Waals surface area contributed by atoms with Crippen LogP contribution in [0.2, 0.25) is 0 Å². The van der Waals surface area contributed by atoms with Crippen LogP contribution in [0.15, 0.2) is 24.3 Å². The number of amides is 3. The summed E-state index contributed by atoms with van der Waals surface area (Å²) in [7, 11) is 0. The van der Waals surface area contributed by atoms with Crippen LogP contribution in [-0.2, 0) is 14.3 Å². The third kappa shape index (κ3) is 4.21. The van der Waals surface area contributed by atoms with Crippen LogP contribution < -0.4 is 5.32 Å². The van der Waals surface area contributed by atoms with E-state index in [0.717, 1.165) is 10.6 Å². The highest BCUT2D eigenvalue weighted by Crippen LogP contribution is 2.23. The summed E-state index contributed by atoms with van der Waals surface area (Å²) < 4.78 is 20.7. The molecule has 31 heavy (non-hydrogen) atoms. The number of urea groups is 1. The van der Waals surface area contributed by atoms with E-state index in [0.29, 0.717) is 22.5 Å². The van der Waals surface area contributed by atoms with Crippen LogP contribution in [0.1, 0.15) is 41.2 Å². The largest absolute Gasteiger partial charge is 0.456 e. The molecule has 0 saturated carbocycles. The number of esters is 1. The molecular formula is C22H24FN3O5. The molecule has 8 nitrogen and oxygen atoms in total. The van der Waals surface area contributed by atoms with E-state index in [9.17, 15) is 23.6 Å². The maximum absolute atomic E-state index is 14.0. The number of carbonyl (C=O) groups excluding carboxylic acids is 4. The molecule has 1 saturated heterocycles. The van der Waals surface area contributed by atoms with Gasteiger partial charge in [-0.15, -0.1) is 0 Å². The Bertz CT molecular complexity index is 1100. The van der Waals surface area contributed by atoms with Crippen LogP contribution in [0, 0.1) is 26.6 Å². The standard InChI is InChI=1S/C22H24FN3O5/c1-12-6-7-15(9-17(12)23)26-13(2)8-16(14(26)3)18(27)11-31-19(28)10-25-20(29)22(4,5)24-21(25)30/h6-9H,10-11H2,1-5H3,(H,24,30). The van der Waals surface area contributed by atoms with E-state index >= 15 is 0 Å². The van der Waals surface area contributed by atoms with Gasteiger partial charge in [0.2, 0.25) is 5.78 Å². The summed E-state index contributed by atoms with van der Waals surface area (Å²) in [5.41, 5.74) is 1.63. The first-order chi connectivity index (χ1) is 14.4. The molecule has 9 heteroatoms. The lowest BCUT2D eigenvalue weighted by Gasteiger charge is -2.15. The van der Waals surface area contributed by atoms with Gasteiger partial charge in [-0.05, 0) is 58.4 Å². The van der Waals surface area contributed by atoms with Crippen LogP contribution >= 0.6 is 0 Å². The molecule has 1 aliphatic heterocycles. The number of ketones is 1. The highest BCUT2D eigenvalue weighted by molar-refractivity contribution is 6.08. The summed E-state index contributed by atoms with van der Waals surface area (Å²) in [6.45, 7) is 7.09. The van der Waals surface area contributed by atoms with Crippen molar-refractivity contribution in [2.45, 2.75) is 40.2 Å². The Morgan fingerprint density at radius 3 is 2.39 bits per heavy atom. The smallest absolute Gasteiger partial charge is 0.326 e. The second-order valence-electron chi connectivity index (χ2n) is 8.08. The molecule has 1 N–H and O–H groups in total. The van der Waals surface area contributed by atoms with Crippen molar-refractivity contribution < 1.29 is 28.3 Å². The molecular weight excluding hydrogens is 405 g/mol. The number of carbonyl (C=O) groups is 4. The van der Waals surface area contributed by atoms with Gasteiger partial charge in [0.1, 0.15) is 17.9 Å². The molecule has 0 spiro atoms. The van der Waals surface area contributed by atoms with E-state index in [1.54, 1.807) is 43.5 Å². The van der Waals surface area contributed by atoms with Gasteiger partial charge in [-0.3, -0.25) is 19.3 Å². The number of ether oxygens (including phenoxy) is 1. The molecule has 1 aromatic carbocycles. The van der Waals surface area contributed by atoms with Crippen molar-refractivity contribution in [3.8, 4) is 5.69 Å². The molecule has 0 atom stereocenters. The molecule has 1 fully saturated rings. The minimum absolute atomic E-state index is 0.336. The Hall–Kier alpha value is -3.49. The number of benzene rings is 1. The minimum atomic E-state index is -1.10. The molecule has 0 bridgehead atoms. The molecule has 3 amide bonds. The van der Waals surface area contributed by atoms with Crippen molar-refractivity contribution >= 4 is 23.7 Å². The zero-order valence-electron chi connectivity index (χ0n) is 18.0. The van der Waals surface area contributed by atoms with Crippen LogP contribution in [0.3, 0.4) is 0 Å². The van der Waals surface area contributed by atoms with Gasteiger partial charge in [-0.25, -0.2) is 9.18 Å². The summed E-state index contributed by atoms with van der Waals surface area (Å²) in [6, 6.07) is 5.76. The maximum Gasteiger partial charge on any atom is 0.326 e. The van der Waals surface area contributed by atoms with Gasteiger partial charge in [-0.2, -0.15) is 0 Å². The van der Waals surface area contributed by atoms with E-state index in [-0.39, 0.29) is 5.82 Å². The molecule has 0 radical (unpaired) electrons. The fraction of sp³-hybridized carbons (Fsp3) is 0.364. The molecule has 3 rings (SSSR count). The van der Waals surface area contributed by atoms with Crippen LogP contribution in [0.5, 0.6) is 0 Å². The van der Waals surface area contributed by atoms with E-state index in [1.807, 2.05) is 0 Å². The fourth-order valence-electron chi connectivity index (χ4n) is 3.52. The maximum atomic E-state index is 14.0. The molecule has 1 aliphatic rings. The van der Waals surface area contributed by atoms with E-state index < -0.39 is 42.4 Å². The van der Waals surface area contributed by atoms with Gasteiger partial charge in [0, 0.05) is 22.6 Å². The van der Waals surface area contributed by atoms with E-state index in [4.69, 9.17) is 4.74 Å². The highest BCUT2D eigenvalue weighted by atomic mass is 19.1. The Balaban J connectivity index is 1.69. The predicted octanol–water partition coefficient (Wildman–Crippen LogP) is 2.60. The SMILES string of the molecule is Cc1ccc(-n2c(C)cc(C(=O)COC(=O)CN3C(=O)NC(C)(C)C3=O)c2C)cc1F. The van der Waals surface area contributed by atoms with Gasteiger partial charge in [0.15, 0.2) is 6.61 Å². The number of nitrogens with zero attached hydrogens (tertiary/aromatic N) is 2. The number of halogens is 1. The number of hydrogen-bond acceptors (Lipinski definition) is 5. The Morgan fingerprint density at radius 2 is 1.81 bits per heavy atom. The number of imide groups is 1. The number of rotatable bonds is 6. The van der Waals surface area contributed by atoms with Crippen LogP contribution in [-0.4, -0.2) is 51.8 Å². The third-order valence-electron chi connectivity index (χ3n) is 5.24. The number of hydrogen-bond donors (Lipinski definition) is 1. The highest BCUT2D eigenvalue weighted by Gasteiger charge is 2.45. The first kappa shape index (κ1) is 22.2. The van der Waals surface area contributed by atoms with E-state index in [1.165, 1.54) is 19.9 Å². The topological polar surface area (TPSA) is 97.7 Å². The number of aryl methyl sites for hydroxylation is 2.